The number of rotatable bonds is 6. The van der Waals surface area contributed by atoms with Crippen molar-refractivity contribution in [2.24, 2.45) is 0 Å². The molecule has 0 heterocycles. The molecule has 0 fully saturated rings. The molecular weight excluding hydrogens is 415 g/mol. The van der Waals surface area contributed by atoms with Gasteiger partial charge in [-0.05, 0) is 35.4 Å². The molecule has 4 nitrogen and oxygen atoms in total. The van der Waals surface area contributed by atoms with Crippen LogP contribution >= 0.6 is 15.9 Å². The van der Waals surface area contributed by atoms with E-state index in [4.69, 9.17) is 0 Å². The highest BCUT2D eigenvalue weighted by molar-refractivity contribution is 9.10. The van der Waals surface area contributed by atoms with Crippen molar-refractivity contribution in [1.29, 1.82) is 0 Å². The van der Waals surface area contributed by atoms with Gasteiger partial charge in [0.2, 0.25) is 5.91 Å². The summed E-state index contributed by atoms with van der Waals surface area (Å²) >= 11 is 3.29. The van der Waals surface area contributed by atoms with Gasteiger partial charge in [0.25, 0.3) is 0 Å². The summed E-state index contributed by atoms with van der Waals surface area (Å²) < 4.78 is 38.4. The zero-order chi connectivity index (χ0) is 19.3. The SMILES string of the molecule is O=C(Cc1ccc(C(F)(F)F)cc1)N[C@H](Cc1cccc(Br)c1)C(=O)O. The average molecular weight is 430 g/mol. The first-order valence-corrected chi connectivity index (χ1v) is 8.37. The first kappa shape index (κ1) is 20.0. The van der Waals surface area contributed by atoms with Gasteiger partial charge in [-0.2, -0.15) is 13.2 Å². The van der Waals surface area contributed by atoms with Crippen LogP contribution in [0.25, 0.3) is 0 Å². The molecule has 0 aliphatic rings. The molecule has 0 radical (unpaired) electrons. The molecule has 0 aliphatic carbocycles. The third kappa shape index (κ3) is 5.87. The molecule has 1 atom stereocenters. The topological polar surface area (TPSA) is 66.4 Å². The van der Waals surface area contributed by atoms with Gasteiger partial charge >= 0.3 is 12.1 Å². The number of hydrogen-bond donors (Lipinski definition) is 2. The van der Waals surface area contributed by atoms with Crippen LogP contribution in [0.2, 0.25) is 0 Å². The number of nitrogens with one attached hydrogen (secondary N) is 1. The average Bonchev–Trinajstić information content (AvgIpc) is 2.53. The van der Waals surface area contributed by atoms with Gasteiger partial charge in [0, 0.05) is 10.9 Å². The number of carboxylic acid groups (broad SMARTS) is 1. The Morgan fingerprint density at radius 1 is 1.08 bits per heavy atom. The predicted octanol–water partition coefficient (Wildman–Crippen LogP) is 3.82. The number of halogens is 4. The van der Waals surface area contributed by atoms with E-state index in [1.54, 1.807) is 24.3 Å². The molecule has 0 saturated carbocycles. The van der Waals surface area contributed by atoms with Crippen LogP contribution in [0.1, 0.15) is 16.7 Å². The van der Waals surface area contributed by atoms with Crippen LogP contribution in [-0.4, -0.2) is 23.0 Å². The van der Waals surface area contributed by atoms with Crippen molar-refractivity contribution in [1.82, 2.24) is 5.32 Å². The van der Waals surface area contributed by atoms with E-state index in [9.17, 15) is 27.9 Å². The van der Waals surface area contributed by atoms with Crippen LogP contribution < -0.4 is 5.32 Å². The smallest absolute Gasteiger partial charge is 0.416 e. The molecular formula is C18H15BrF3NO3. The number of amides is 1. The second-order valence-corrected chi connectivity index (χ2v) is 6.58. The summed E-state index contributed by atoms with van der Waals surface area (Å²) in [6.07, 6.45) is -4.56. The molecule has 8 heteroatoms. The zero-order valence-corrected chi connectivity index (χ0v) is 15.0. The lowest BCUT2D eigenvalue weighted by molar-refractivity contribution is -0.141. The first-order valence-electron chi connectivity index (χ1n) is 7.58. The number of alkyl halides is 3. The molecule has 2 rings (SSSR count). The van der Waals surface area contributed by atoms with Crippen molar-refractivity contribution in [2.45, 2.75) is 25.1 Å². The van der Waals surface area contributed by atoms with Gasteiger partial charge in [-0.3, -0.25) is 4.79 Å². The van der Waals surface area contributed by atoms with E-state index in [1.165, 1.54) is 12.1 Å². The summed E-state index contributed by atoms with van der Waals surface area (Å²) in [4.78, 5) is 23.4. The molecule has 26 heavy (non-hydrogen) atoms. The van der Waals surface area contributed by atoms with E-state index in [-0.39, 0.29) is 12.8 Å². The van der Waals surface area contributed by atoms with Gasteiger partial charge in [-0.25, -0.2) is 4.79 Å². The van der Waals surface area contributed by atoms with Gasteiger partial charge in [0.05, 0.1) is 12.0 Å². The van der Waals surface area contributed by atoms with Gasteiger partial charge in [0.1, 0.15) is 6.04 Å². The molecule has 2 aromatic carbocycles. The fourth-order valence-electron chi connectivity index (χ4n) is 2.34. The Hall–Kier alpha value is -2.35. The molecule has 0 bridgehead atoms. The van der Waals surface area contributed by atoms with Crippen molar-refractivity contribution >= 4 is 27.8 Å². The van der Waals surface area contributed by atoms with E-state index in [0.717, 1.165) is 22.2 Å². The second kappa shape index (κ2) is 8.35. The van der Waals surface area contributed by atoms with Crippen molar-refractivity contribution in [2.75, 3.05) is 0 Å². The Morgan fingerprint density at radius 2 is 1.73 bits per heavy atom. The van der Waals surface area contributed by atoms with Gasteiger partial charge in [-0.15, -0.1) is 0 Å². The minimum atomic E-state index is -4.45. The number of benzene rings is 2. The van der Waals surface area contributed by atoms with Crippen LogP contribution in [0.5, 0.6) is 0 Å². The highest BCUT2D eigenvalue weighted by atomic mass is 79.9. The summed E-state index contributed by atoms with van der Waals surface area (Å²) in [5.41, 5.74) is 0.281. The fraction of sp³-hybridized carbons (Fsp3) is 0.222. The Bertz CT molecular complexity index is 791. The Morgan fingerprint density at radius 3 is 2.27 bits per heavy atom. The minimum Gasteiger partial charge on any atom is -0.480 e. The van der Waals surface area contributed by atoms with Crippen LogP contribution in [0, 0.1) is 0 Å². The molecule has 0 saturated heterocycles. The number of aliphatic carboxylic acids is 1. The van der Waals surface area contributed by atoms with Gasteiger partial charge < -0.3 is 10.4 Å². The first-order chi connectivity index (χ1) is 12.1. The maximum Gasteiger partial charge on any atom is 0.416 e. The lowest BCUT2D eigenvalue weighted by Crippen LogP contribution is -2.43. The molecule has 0 aromatic heterocycles. The van der Waals surface area contributed by atoms with E-state index >= 15 is 0 Å². The van der Waals surface area contributed by atoms with E-state index in [1.807, 2.05) is 0 Å². The molecule has 1 amide bonds. The molecule has 138 valence electrons. The Balaban J connectivity index is 2.00. The van der Waals surface area contributed by atoms with Crippen molar-refractivity contribution in [3.63, 3.8) is 0 Å². The maximum absolute atomic E-state index is 12.5. The van der Waals surface area contributed by atoms with E-state index < -0.39 is 29.7 Å². The Kier molecular flexibility index (Phi) is 6.42. The summed E-state index contributed by atoms with van der Waals surface area (Å²) in [5, 5.41) is 11.7. The minimum absolute atomic E-state index is 0.0908. The van der Waals surface area contributed by atoms with Gasteiger partial charge in [0.15, 0.2) is 0 Å². The third-order valence-electron chi connectivity index (χ3n) is 3.61. The van der Waals surface area contributed by atoms with Crippen molar-refractivity contribution in [3.8, 4) is 0 Å². The normalized spacial score (nSPS) is 12.5. The lowest BCUT2D eigenvalue weighted by Gasteiger charge is -2.15. The standard InChI is InChI=1S/C18H15BrF3NO3/c19-14-3-1-2-12(8-14)9-15(17(25)26)23-16(24)10-11-4-6-13(7-5-11)18(20,21)22/h1-8,15H,9-10H2,(H,23,24)(H,25,26)/t15-/m1/s1. The van der Waals surface area contributed by atoms with Crippen molar-refractivity contribution < 1.29 is 27.9 Å². The monoisotopic (exact) mass is 429 g/mol. The summed E-state index contributed by atoms with van der Waals surface area (Å²) in [6, 6.07) is 10.1. The Labute approximate surface area is 156 Å². The third-order valence-corrected chi connectivity index (χ3v) is 4.10. The number of hydrogen-bond acceptors (Lipinski definition) is 2. The van der Waals surface area contributed by atoms with Crippen LogP contribution in [0.4, 0.5) is 13.2 Å². The van der Waals surface area contributed by atoms with Crippen LogP contribution in [0.3, 0.4) is 0 Å². The zero-order valence-electron chi connectivity index (χ0n) is 13.4. The summed E-state index contributed by atoms with van der Waals surface area (Å²) in [5.74, 6) is -1.77. The summed E-state index contributed by atoms with van der Waals surface area (Å²) in [6.45, 7) is 0. The quantitative estimate of drug-likeness (QED) is 0.733. The lowest BCUT2D eigenvalue weighted by atomic mass is 10.0. The predicted molar refractivity (Wildman–Crippen MR) is 92.6 cm³/mol. The van der Waals surface area contributed by atoms with Crippen LogP contribution in [0.15, 0.2) is 53.0 Å². The molecule has 2 N–H and O–H groups in total. The molecule has 2 aromatic rings. The summed E-state index contributed by atoms with van der Waals surface area (Å²) in [7, 11) is 0. The van der Waals surface area contributed by atoms with Crippen LogP contribution in [-0.2, 0) is 28.6 Å². The largest absolute Gasteiger partial charge is 0.480 e. The van der Waals surface area contributed by atoms with E-state index in [0.29, 0.717) is 5.56 Å². The molecule has 0 unspecified atom stereocenters. The fourth-order valence-corrected chi connectivity index (χ4v) is 2.79. The van der Waals surface area contributed by atoms with E-state index in [2.05, 4.69) is 21.2 Å². The maximum atomic E-state index is 12.5. The van der Waals surface area contributed by atoms with Crippen molar-refractivity contribution in [3.05, 3.63) is 69.7 Å². The number of carbonyl (C=O) groups excluding carboxylic acids is 1. The molecule has 0 aliphatic heterocycles. The number of carboxylic acids is 1. The highest BCUT2D eigenvalue weighted by Crippen LogP contribution is 2.29. The second-order valence-electron chi connectivity index (χ2n) is 5.66. The van der Waals surface area contributed by atoms with Gasteiger partial charge in [-0.1, -0.05) is 40.2 Å². The highest BCUT2D eigenvalue weighted by Gasteiger charge is 2.30. The number of carbonyl (C=O) groups is 2. The molecule has 0 spiro atoms.